The topological polar surface area (TPSA) is 38.5 Å². The second-order valence-electron chi connectivity index (χ2n) is 8.40. The monoisotopic (exact) mass is 524 g/mol. The average Bonchev–Trinajstić information content (AvgIpc) is 3.44. The van der Waals surface area contributed by atoms with Crippen LogP contribution in [-0.2, 0) is 26.1 Å². The van der Waals surface area contributed by atoms with Gasteiger partial charge in [0.05, 0.1) is 5.69 Å². The van der Waals surface area contributed by atoms with Gasteiger partial charge in [0.2, 0.25) is 5.89 Å². The molecule has 0 bridgehead atoms. The van der Waals surface area contributed by atoms with Gasteiger partial charge in [-0.25, -0.2) is 4.98 Å². The van der Waals surface area contributed by atoms with Crippen molar-refractivity contribution >= 4 is 0 Å². The maximum absolute atomic E-state index is 6.08. The molecular weight excluding hydrogens is 480 g/mol. The Kier molecular flexibility index (Phi) is 14.8. The Morgan fingerprint density at radius 1 is 0.872 bits per heavy atom. The molecule has 2 heterocycles. The predicted octanol–water partition coefficient (Wildman–Crippen LogP) is 9.28. The number of rotatable bonds is 7. The standard InChI is InChI=1S/C26H24N2O2.C5H8.2C2H6/c1-3-7-20(8-4-1)17-28-16-15-25-24(18-28)27-26(30-25)22-11-13-23(14-12-22)29-19-21-9-5-2-6-10-21;1-3-5-4-2;2*1-2/h1-14H,15-19H2;3-5H,1H2,2H3;2*1-2H3/b;5-4-;;. The van der Waals surface area contributed by atoms with Crippen molar-refractivity contribution in [3.05, 3.63) is 132 Å². The minimum atomic E-state index is 0.560. The average molecular weight is 525 g/mol. The molecular formula is C35H44N2O2. The molecule has 0 unspecified atom stereocenters. The van der Waals surface area contributed by atoms with Gasteiger partial charge in [0.25, 0.3) is 0 Å². The zero-order valence-electron chi connectivity index (χ0n) is 24.3. The lowest BCUT2D eigenvalue weighted by molar-refractivity contribution is 0.232. The van der Waals surface area contributed by atoms with Crippen LogP contribution in [0.2, 0.25) is 0 Å². The molecule has 0 amide bonds. The molecule has 5 rings (SSSR count). The minimum Gasteiger partial charge on any atom is -0.489 e. The van der Waals surface area contributed by atoms with Gasteiger partial charge in [-0.15, -0.1) is 0 Å². The Bertz CT molecular complexity index is 1210. The zero-order chi connectivity index (χ0) is 28.3. The van der Waals surface area contributed by atoms with E-state index in [1.807, 2.05) is 89.2 Å². The van der Waals surface area contributed by atoms with Crippen LogP contribution in [0.5, 0.6) is 5.75 Å². The van der Waals surface area contributed by atoms with E-state index >= 15 is 0 Å². The van der Waals surface area contributed by atoms with Gasteiger partial charge in [0.15, 0.2) is 0 Å². The van der Waals surface area contributed by atoms with E-state index in [1.54, 1.807) is 6.08 Å². The molecule has 0 N–H and O–H groups in total. The smallest absolute Gasteiger partial charge is 0.226 e. The fraction of sp³-hybridized carbons (Fsp3) is 0.286. The molecule has 4 aromatic rings. The highest BCUT2D eigenvalue weighted by Crippen LogP contribution is 2.28. The zero-order valence-corrected chi connectivity index (χ0v) is 24.3. The lowest BCUT2D eigenvalue weighted by Gasteiger charge is -2.24. The van der Waals surface area contributed by atoms with Gasteiger partial charge in [0, 0.05) is 31.6 Å². The molecule has 1 aromatic heterocycles. The third kappa shape index (κ3) is 10.4. The molecule has 0 saturated carbocycles. The van der Waals surface area contributed by atoms with Crippen LogP contribution >= 0.6 is 0 Å². The number of oxazole rings is 1. The van der Waals surface area contributed by atoms with Crippen LogP contribution < -0.4 is 4.74 Å². The van der Waals surface area contributed by atoms with Crippen molar-refractivity contribution in [1.82, 2.24) is 9.88 Å². The molecule has 39 heavy (non-hydrogen) atoms. The second-order valence-corrected chi connectivity index (χ2v) is 8.40. The highest BCUT2D eigenvalue weighted by molar-refractivity contribution is 5.55. The minimum absolute atomic E-state index is 0.560. The summed E-state index contributed by atoms with van der Waals surface area (Å²) >= 11 is 0. The summed E-state index contributed by atoms with van der Waals surface area (Å²) in [4.78, 5) is 7.21. The fourth-order valence-corrected chi connectivity index (χ4v) is 3.92. The first kappa shape index (κ1) is 31.3. The van der Waals surface area contributed by atoms with Crippen molar-refractivity contribution in [3.63, 3.8) is 0 Å². The van der Waals surface area contributed by atoms with E-state index in [4.69, 9.17) is 14.1 Å². The molecule has 0 radical (unpaired) electrons. The van der Waals surface area contributed by atoms with Gasteiger partial charge in [-0.05, 0) is 42.3 Å². The van der Waals surface area contributed by atoms with Gasteiger partial charge < -0.3 is 9.15 Å². The Morgan fingerprint density at radius 2 is 1.49 bits per heavy atom. The third-order valence-electron chi connectivity index (χ3n) is 5.73. The third-order valence-corrected chi connectivity index (χ3v) is 5.73. The number of ether oxygens (including phenoxy) is 1. The molecule has 0 saturated heterocycles. The molecule has 1 aliphatic heterocycles. The van der Waals surface area contributed by atoms with Crippen LogP contribution in [0.3, 0.4) is 0 Å². The van der Waals surface area contributed by atoms with Crippen molar-refractivity contribution in [2.75, 3.05) is 6.54 Å². The number of hydrogen-bond donors (Lipinski definition) is 0. The highest BCUT2D eigenvalue weighted by Gasteiger charge is 2.22. The van der Waals surface area contributed by atoms with Crippen molar-refractivity contribution in [1.29, 1.82) is 0 Å². The number of nitrogens with zero attached hydrogens (tertiary/aromatic N) is 2. The summed E-state index contributed by atoms with van der Waals surface area (Å²) in [5.74, 6) is 2.54. The maximum atomic E-state index is 6.08. The molecule has 206 valence electrons. The van der Waals surface area contributed by atoms with Gasteiger partial charge in [-0.2, -0.15) is 0 Å². The first-order valence-corrected chi connectivity index (χ1v) is 14.0. The summed E-state index contributed by atoms with van der Waals surface area (Å²) < 4.78 is 12.0. The first-order chi connectivity index (χ1) is 19.2. The molecule has 0 fully saturated rings. The fourth-order valence-electron chi connectivity index (χ4n) is 3.92. The van der Waals surface area contributed by atoms with Gasteiger partial charge in [0.1, 0.15) is 18.1 Å². The first-order valence-electron chi connectivity index (χ1n) is 14.0. The normalized spacial score (nSPS) is 12.0. The van der Waals surface area contributed by atoms with Crippen LogP contribution in [0.15, 0.2) is 114 Å². The molecule has 4 nitrogen and oxygen atoms in total. The maximum Gasteiger partial charge on any atom is 0.226 e. The van der Waals surface area contributed by atoms with Gasteiger partial charge in [-0.1, -0.05) is 113 Å². The number of fused-ring (bicyclic) bond motifs is 1. The lowest BCUT2D eigenvalue weighted by Crippen LogP contribution is -2.29. The number of aromatic nitrogens is 1. The molecule has 0 aliphatic carbocycles. The quantitative estimate of drug-likeness (QED) is 0.226. The summed E-state index contributed by atoms with van der Waals surface area (Å²) in [6.45, 7) is 16.7. The summed E-state index contributed by atoms with van der Waals surface area (Å²) in [5.41, 5.74) is 4.51. The van der Waals surface area contributed by atoms with Crippen molar-refractivity contribution < 1.29 is 9.15 Å². The van der Waals surface area contributed by atoms with Crippen LogP contribution in [-0.4, -0.2) is 16.4 Å². The number of allylic oxidation sites excluding steroid dienone is 3. The van der Waals surface area contributed by atoms with E-state index in [0.717, 1.165) is 54.4 Å². The lowest BCUT2D eigenvalue weighted by atomic mass is 10.1. The largest absolute Gasteiger partial charge is 0.489 e. The van der Waals surface area contributed by atoms with E-state index in [-0.39, 0.29) is 0 Å². The molecule has 1 aliphatic rings. The van der Waals surface area contributed by atoms with Crippen LogP contribution in [0.1, 0.15) is 57.2 Å². The Balaban J connectivity index is 0.000000527. The van der Waals surface area contributed by atoms with E-state index in [0.29, 0.717) is 12.5 Å². The van der Waals surface area contributed by atoms with Crippen LogP contribution in [0, 0.1) is 0 Å². The Hall–Kier alpha value is -3.89. The SMILES string of the molecule is C=C/C=C\C.CC.CC.c1ccc(COc2ccc(-c3nc4c(o3)CCN(Cc3ccccc3)C4)cc2)cc1. The highest BCUT2D eigenvalue weighted by atomic mass is 16.5. The summed E-state index contributed by atoms with van der Waals surface area (Å²) in [6, 6.07) is 28.7. The van der Waals surface area contributed by atoms with E-state index in [2.05, 4.69) is 53.9 Å². The van der Waals surface area contributed by atoms with Gasteiger partial charge >= 0.3 is 0 Å². The molecule has 3 aromatic carbocycles. The van der Waals surface area contributed by atoms with E-state index < -0.39 is 0 Å². The molecule has 0 spiro atoms. The molecule has 0 atom stereocenters. The molecule has 4 heteroatoms. The Labute approximate surface area is 235 Å². The number of benzene rings is 3. The van der Waals surface area contributed by atoms with E-state index in [9.17, 15) is 0 Å². The van der Waals surface area contributed by atoms with Crippen LogP contribution in [0.25, 0.3) is 11.5 Å². The van der Waals surface area contributed by atoms with Crippen molar-refractivity contribution in [2.45, 2.75) is 60.7 Å². The van der Waals surface area contributed by atoms with Crippen molar-refractivity contribution in [3.8, 4) is 17.2 Å². The van der Waals surface area contributed by atoms with Crippen LogP contribution in [0.4, 0.5) is 0 Å². The van der Waals surface area contributed by atoms with E-state index in [1.165, 1.54) is 5.56 Å². The second kappa shape index (κ2) is 18.4. The van der Waals surface area contributed by atoms with Crippen molar-refractivity contribution in [2.24, 2.45) is 0 Å². The summed E-state index contributed by atoms with van der Waals surface area (Å²) in [6.07, 6.45) is 6.47. The predicted molar refractivity (Wildman–Crippen MR) is 165 cm³/mol. The Morgan fingerprint density at radius 3 is 2.05 bits per heavy atom. The summed E-state index contributed by atoms with van der Waals surface area (Å²) in [7, 11) is 0. The number of hydrogen-bond acceptors (Lipinski definition) is 4. The summed E-state index contributed by atoms with van der Waals surface area (Å²) in [5, 5.41) is 0. The van der Waals surface area contributed by atoms with Gasteiger partial charge in [-0.3, -0.25) is 4.90 Å².